The zero-order valence-electron chi connectivity index (χ0n) is 9.57. The Morgan fingerprint density at radius 1 is 1.44 bits per heavy atom. The van der Waals surface area contributed by atoms with Gasteiger partial charge in [-0.25, -0.2) is 4.79 Å². The molecule has 1 aliphatic rings. The number of carboxylic acids is 1. The van der Waals surface area contributed by atoms with E-state index in [0.29, 0.717) is 6.54 Å². The van der Waals surface area contributed by atoms with Gasteiger partial charge in [-0.05, 0) is 19.5 Å². The molecule has 1 fully saturated rings. The van der Waals surface area contributed by atoms with E-state index in [1.54, 1.807) is 0 Å². The number of aliphatic carboxylic acids is 1. The molecule has 0 amide bonds. The standard InChI is InChI=1S/C11H20N2O3/c1-10(11(14)15)9-12-3-2-4-13-5-7-16-8-6-13/h12H,1-9H2,(H,14,15). The van der Waals surface area contributed by atoms with E-state index in [-0.39, 0.29) is 5.57 Å². The Bertz CT molecular complexity index is 237. The van der Waals surface area contributed by atoms with Crippen molar-refractivity contribution < 1.29 is 14.6 Å². The topological polar surface area (TPSA) is 61.8 Å². The van der Waals surface area contributed by atoms with E-state index in [9.17, 15) is 4.79 Å². The maximum absolute atomic E-state index is 10.4. The fourth-order valence-corrected chi connectivity index (χ4v) is 1.57. The molecule has 1 heterocycles. The normalized spacial score (nSPS) is 17.2. The van der Waals surface area contributed by atoms with Crippen molar-refractivity contribution in [3.63, 3.8) is 0 Å². The maximum atomic E-state index is 10.4. The van der Waals surface area contributed by atoms with Crippen LogP contribution in [0.1, 0.15) is 6.42 Å². The highest BCUT2D eigenvalue weighted by Crippen LogP contribution is 1.97. The molecule has 5 nitrogen and oxygen atoms in total. The maximum Gasteiger partial charge on any atom is 0.332 e. The second-order valence-corrected chi connectivity index (χ2v) is 3.89. The van der Waals surface area contributed by atoms with Crippen LogP contribution in [0.15, 0.2) is 12.2 Å². The van der Waals surface area contributed by atoms with Gasteiger partial charge in [-0.2, -0.15) is 0 Å². The fraction of sp³-hybridized carbons (Fsp3) is 0.727. The lowest BCUT2D eigenvalue weighted by molar-refractivity contribution is -0.132. The van der Waals surface area contributed by atoms with Crippen LogP contribution in [0.2, 0.25) is 0 Å². The van der Waals surface area contributed by atoms with Crippen LogP contribution in [0.25, 0.3) is 0 Å². The summed E-state index contributed by atoms with van der Waals surface area (Å²) >= 11 is 0. The monoisotopic (exact) mass is 228 g/mol. The molecule has 0 aliphatic carbocycles. The molecule has 0 atom stereocenters. The second-order valence-electron chi connectivity index (χ2n) is 3.89. The minimum absolute atomic E-state index is 0.214. The summed E-state index contributed by atoms with van der Waals surface area (Å²) in [7, 11) is 0. The summed E-state index contributed by atoms with van der Waals surface area (Å²) in [5.74, 6) is -0.930. The fourth-order valence-electron chi connectivity index (χ4n) is 1.57. The number of ether oxygens (including phenoxy) is 1. The first kappa shape index (κ1) is 13.2. The summed E-state index contributed by atoms with van der Waals surface area (Å²) in [6, 6.07) is 0. The second kappa shape index (κ2) is 7.38. The molecule has 0 unspecified atom stereocenters. The van der Waals surface area contributed by atoms with Gasteiger partial charge in [-0.15, -0.1) is 0 Å². The van der Waals surface area contributed by atoms with E-state index in [1.165, 1.54) is 0 Å². The zero-order chi connectivity index (χ0) is 11.8. The van der Waals surface area contributed by atoms with Crippen molar-refractivity contribution in [1.82, 2.24) is 10.2 Å². The number of carboxylic acid groups (broad SMARTS) is 1. The summed E-state index contributed by atoms with van der Waals surface area (Å²) in [6.07, 6.45) is 1.02. The number of rotatable bonds is 7. The van der Waals surface area contributed by atoms with Crippen molar-refractivity contribution in [3.05, 3.63) is 12.2 Å². The average molecular weight is 228 g/mol. The van der Waals surface area contributed by atoms with Crippen molar-refractivity contribution >= 4 is 5.97 Å². The van der Waals surface area contributed by atoms with E-state index >= 15 is 0 Å². The van der Waals surface area contributed by atoms with Gasteiger partial charge in [0.2, 0.25) is 0 Å². The smallest absolute Gasteiger partial charge is 0.332 e. The van der Waals surface area contributed by atoms with Crippen molar-refractivity contribution in [2.75, 3.05) is 45.9 Å². The van der Waals surface area contributed by atoms with Gasteiger partial charge in [0.1, 0.15) is 0 Å². The molecule has 16 heavy (non-hydrogen) atoms. The summed E-state index contributed by atoms with van der Waals surface area (Å²) in [6.45, 7) is 9.32. The van der Waals surface area contributed by atoms with Crippen LogP contribution < -0.4 is 5.32 Å². The highest BCUT2D eigenvalue weighted by atomic mass is 16.5. The van der Waals surface area contributed by atoms with Crippen molar-refractivity contribution in [1.29, 1.82) is 0 Å². The predicted molar refractivity (Wildman–Crippen MR) is 61.5 cm³/mol. The molecule has 0 aromatic heterocycles. The molecule has 0 aromatic carbocycles. The van der Waals surface area contributed by atoms with Crippen LogP contribution in [0.4, 0.5) is 0 Å². The number of hydrogen-bond donors (Lipinski definition) is 2. The van der Waals surface area contributed by atoms with Crippen molar-refractivity contribution in [3.8, 4) is 0 Å². The van der Waals surface area contributed by atoms with Crippen molar-refractivity contribution in [2.45, 2.75) is 6.42 Å². The molecule has 1 aliphatic heterocycles. The molecule has 1 saturated heterocycles. The van der Waals surface area contributed by atoms with Gasteiger partial charge in [0.15, 0.2) is 0 Å². The van der Waals surface area contributed by atoms with Crippen molar-refractivity contribution in [2.24, 2.45) is 0 Å². The molecule has 1 rings (SSSR count). The molecule has 5 heteroatoms. The van der Waals surface area contributed by atoms with Gasteiger partial charge >= 0.3 is 5.97 Å². The molecule has 92 valence electrons. The van der Waals surface area contributed by atoms with E-state index in [2.05, 4.69) is 16.8 Å². The number of morpholine rings is 1. The largest absolute Gasteiger partial charge is 0.478 e. The lowest BCUT2D eigenvalue weighted by atomic mass is 10.3. The van der Waals surface area contributed by atoms with E-state index in [1.807, 2.05) is 0 Å². The Balaban J connectivity index is 1.95. The minimum Gasteiger partial charge on any atom is -0.478 e. The average Bonchev–Trinajstić information content (AvgIpc) is 2.29. The first-order chi connectivity index (χ1) is 7.70. The van der Waals surface area contributed by atoms with Gasteiger partial charge in [0, 0.05) is 25.2 Å². The lowest BCUT2D eigenvalue weighted by Crippen LogP contribution is -2.37. The number of nitrogens with one attached hydrogen (secondary N) is 1. The van der Waals surface area contributed by atoms with Gasteiger partial charge in [-0.1, -0.05) is 6.58 Å². The van der Waals surface area contributed by atoms with E-state index in [0.717, 1.165) is 45.8 Å². The number of carbonyl (C=O) groups is 1. The minimum atomic E-state index is -0.930. The summed E-state index contributed by atoms with van der Waals surface area (Å²) in [5.41, 5.74) is 0.214. The number of hydrogen-bond acceptors (Lipinski definition) is 4. The molecule has 2 N–H and O–H groups in total. The van der Waals surface area contributed by atoms with Crippen LogP contribution >= 0.6 is 0 Å². The highest BCUT2D eigenvalue weighted by molar-refractivity contribution is 5.86. The zero-order valence-corrected chi connectivity index (χ0v) is 9.57. The Kier molecular flexibility index (Phi) is 6.07. The lowest BCUT2D eigenvalue weighted by Gasteiger charge is -2.26. The predicted octanol–water partition coefficient (Wildman–Crippen LogP) is -0.0609. The van der Waals surface area contributed by atoms with Gasteiger partial charge in [-0.3, -0.25) is 4.90 Å². The Morgan fingerprint density at radius 2 is 2.12 bits per heavy atom. The summed E-state index contributed by atoms with van der Waals surface area (Å²) in [5, 5.41) is 11.6. The molecule has 0 radical (unpaired) electrons. The summed E-state index contributed by atoms with van der Waals surface area (Å²) in [4.78, 5) is 12.8. The Hall–Kier alpha value is -0.910. The SMILES string of the molecule is C=C(CNCCCN1CCOCC1)C(=O)O. The Labute approximate surface area is 96.1 Å². The van der Waals surface area contributed by atoms with Gasteiger partial charge in [0.25, 0.3) is 0 Å². The quantitative estimate of drug-likeness (QED) is 0.472. The van der Waals surface area contributed by atoms with Crippen LogP contribution in [-0.2, 0) is 9.53 Å². The molecular formula is C11H20N2O3. The van der Waals surface area contributed by atoms with Gasteiger partial charge in [0.05, 0.1) is 13.2 Å². The Morgan fingerprint density at radius 3 is 2.75 bits per heavy atom. The first-order valence-corrected chi connectivity index (χ1v) is 5.62. The molecule has 0 saturated carbocycles. The third kappa shape index (κ3) is 5.25. The first-order valence-electron chi connectivity index (χ1n) is 5.62. The summed E-state index contributed by atoms with van der Waals surface area (Å²) < 4.78 is 5.25. The third-order valence-electron chi connectivity index (χ3n) is 2.57. The van der Waals surface area contributed by atoms with Crippen LogP contribution in [0, 0.1) is 0 Å². The van der Waals surface area contributed by atoms with Crippen LogP contribution in [0.3, 0.4) is 0 Å². The third-order valence-corrected chi connectivity index (χ3v) is 2.57. The van der Waals surface area contributed by atoms with E-state index in [4.69, 9.17) is 9.84 Å². The van der Waals surface area contributed by atoms with Crippen LogP contribution in [0.5, 0.6) is 0 Å². The molecule has 0 aromatic rings. The molecule has 0 bridgehead atoms. The van der Waals surface area contributed by atoms with E-state index < -0.39 is 5.97 Å². The highest BCUT2D eigenvalue weighted by Gasteiger charge is 2.09. The number of nitrogens with zero attached hydrogens (tertiary/aromatic N) is 1. The molecular weight excluding hydrogens is 208 g/mol. The van der Waals surface area contributed by atoms with Gasteiger partial charge < -0.3 is 15.2 Å². The van der Waals surface area contributed by atoms with Crippen LogP contribution in [-0.4, -0.2) is 61.9 Å². The molecule has 0 spiro atoms.